The summed E-state index contributed by atoms with van der Waals surface area (Å²) in [6.45, 7) is 17.3. The molecule has 0 unspecified atom stereocenters. The Hall–Kier alpha value is -1.14. The van der Waals surface area contributed by atoms with Gasteiger partial charge in [0.1, 0.15) is 12.2 Å². The molecule has 0 aromatic rings. The van der Waals surface area contributed by atoms with Crippen LogP contribution in [0.4, 0.5) is 0 Å². The lowest BCUT2D eigenvalue weighted by molar-refractivity contribution is -0.154. The van der Waals surface area contributed by atoms with Gasteiger partial charge in [-0.2, -0.15) is 0 Å². The summed E-state index contributed by atoms with van der Waals surface area (Å²) >= 11 is 0. The lowest BCUT2D eigenvalue weighted by atomic mass is 9.81. The number of piperidine rings is 2. The molecule has 0 aliphatic carbocycles. The zero-order chi connectivity index (χ0) is 24.2. The topological polar surface area (TPSA) is 76.7 Å². The molecule has 2 saturated heterocycles. The zero-order valence-corrected chi connectivity index (χ0v) is 21.9. The highest BCUT2D eigenvalue weighted by molar-refractivity contribution is 5.70. The summed E-state index contributed by atoms with van der Waals surface area (Å²) in [4.78, 5) is 24.6. The molecule has 186 valence electrons. The van der Waals surface area contributed by atoms with Gasteiger partial charge in [-0.3, -0.25) is 9.59 Å². The maximum Gasteiger partial charge on any atom is 0.306 e. The third-order valence-electron chi connectivity index (χ3n) is 6.41. The smallest absolute Gasteiger partial charge is 0.306 e. The van der Waals surface area contributed by atoms with Gasteiger partial charge in [0.15, 0.2) is 0 Å². The normalized spacial score (nSPS) is 24.6. The first-order valence-corrected chi connectivity index (χ1v) is 12.5. The van der Waals surface area contributed by atoms with Gasteiger partial charge in [0.25, 0.3) is 0 Å². The van der Waals surface area contributed by atoms with Gasteiger partial charge >= 0.3 is 11.9 Å². The quantitative estimate of drug-likeness (QED) is 0.377. The molecule has 2 fully saturated rings. The SMILES string of the molecule is CC1(C)CC(OC(=O)CCCCCCC(=O)OC2CC(C)(C)NC(C)(C)C2)CC(C)(C)N1. The molecule has 0 aromatic carbocycles. The number of rotatable bonds is 9. The lowest BCUT2D eigenvalue weighted by Gasteiger charge is -2.46. The van der Waals surface area contributed by atoms with Crippen LogP contribution in [0.2, 0.25) is 0 Å². The highest BCUT2D eigenvalue weighted by Gasteiger charge is 2.40. The van der Waals surface area contributed by atoms with Gasteiger partial charge < -0.3 is 20.1 Å². The number of carbonyl (C=O) groups excluding carboxylic acids is 2. The van der Waals surface area contributed by atoms with Crippen molar-refractivity contribution in [3.05, 3.63) is 0 Å². The molecule has 0 spiro atoms. The molecule has 0 aromatic heterocycles. The zero-order valence-electron chi connectivity index (χ0n) is 21.9. The number of ether oxygens (including phenoxy) is 2. The standard InChI is InChI=1S/C26H48N2O4/c1-23(2)15-19(16-24(3,4)27-23)31-21(29)13-11-9-10-12-14-22(30)32-20-17-25(5,6)28-26(7,8)18-20/h19-20,27-28H,9-18H2,1-8H3. The molecule has 6 heteroatoms. The minimum atomic E-state index is -0.0981. The summed E-state index contributed by atoms with van der Waals surface area (Å²) in [6, 6.07) is 0. The molecule has 2 heterocycles. The molecule has 0 bridgehead atoms. The average molecular weight is 453 g/mol. The number of esters is 2. The first-order chi connectivity index (χ1) is 14.6. The van der Waals surface area contributed by atoms with Crippen molar-refractivity contribution in [1.82, 2.24) is 10.6 Å². The molecule has 32 heavy (non-hydrogen) atoms. The number of hydrogen-bond donors (Lipinski definition) is 2. The van der Waals surface area contributed by atoms with Crippen LogP contribution in [-0.4, -0.2) is 46.3 Å². The maximum atomic E-state index is 12.3. The Morgan fingerprint density at radius 2 is 0.875 bits per heavy atom. The van der Waals surface area contributed by atoms with E-state index in [4.69, 9.17) is 9.47 Å². The Morgan fingerprint density at radius 3 is 1.16 bits per heavy atom. The largest absolute Gasteiger partial charge is 0.462 e. The Labute approximate surface area is 196 Å². The van der Waals surface area contributed by atoms with E-state index in [1.807, 2.05) is 0 Å². The van der Waals surface area contributed by atoms with Gasteiger partial charge in [0, 0.05) is 60.7 Å². The summed E-state index contributed by atoms with van der Waals surface area (Å²) in [5, 5.41) is 7.22. The summed E-state index contributed by atoms with van der Waals surface area (Å²) in [7, 11) is 0. The minimum Gasteiger partial charge on any atom is -0.462 e. The number of unbranched alkanes of at least 4 members (excludes halogenated alkanes) is 3. The van der Waals surface area contributed by atoms with Gasteiger partial charge in [-0.05, 0) is 68.2 Å². The van der Waals surface area contributed by atoms with Crippen LogP contribution in [0.25, 0.3) is 0 Å². The van der Waals surface area contributed by atoms with E-state index in [1.165, 1.54) is 0 Å². The molecule has 2 N–H and O–H groups in total. The van der Waals surface area contributed by atoms with E-state index in [0.717, 1.165) is 51.4 Å². The Balaban J connectivity index is 1.58. The number of hydrogen-bond acceptors (Lipinski definition) is 6. The van der Waals surface area contributed by atoms with Gasteiger partial charge in [-0.25, -0.2) is 0 Å². The molecule has 6 nitrogen and oxygen atoms in total. The van der Waals surface area contributed by atoms with Crippen molar-refractivity contribution in [3.63, 3.8) is 0 Å². The van der Waals surface area contributed by atoms with Gasteiger partial charge in [-0.15, -0.1) is 0 Å². The van der Waals surface area contributed by atoms with Crippen molar-refractivity contribution in [2.45, 2.75) is 154 Å². The molecular formula is C26H48N2O4. The van der Waals surface area contributed by atoms with Crippen molar-refractivity contribution in [2.24, 2.45) is 0 Å². The second-order valence-corrected chi connectivity index (χ2v) is 12.7. The summed E-state index contributed by atoms with van der Waals surface area (Å²) in [6.07, 6.45) is 7.71. The average Bonchev–Trinajstić information content (AvgIpc) is 2.51. The third-order valence-corrected chi connectivity index (χ3v) is 6.41. The van der Waals surface area contributed by atoms with Crippen molar-refractivity contribution in [2.75, 3.05) is 0 Å². The summed E-state index contributed by atoms with van der Waals surface area (Å²) < 4.78 is 11.5. The van der Waals surface area contributed by atoms with E-state index in [-0.39, 0.29) is 46.3 Å². The van der Waals surface area contributed by atoms with Gasteiger partial charge in [0.05, 0.1) is 0 Å². The van der Waals surface area contributed by atoms with Crippen LogP contribution in [0.5, 0.6) is 0 Å². The monoisotopic (exact) mass is 452 g/mol. The second kappa shape index (κ2) is 10.4. The molecule has 2 rings (SSSR count). The number of carbonyl (C=O) groups is 2. The van der Waals surface area contributed by atoms with Crippen LogP contribution in [0.15, 0.2) is 0 Å². The van der Waals surface area contributed by atoms with Crippen LogP contribution in [-0.2, 0) is 19.1 Å². The molecule has 0 amide bonds. The molecule has 0 radical (unpaired) electrons. The van der Waals surface area contributed by atoms with Crippen LogP contribution in [0.1, 0.15) is 120 Å². The van der Waals surface area contributed by atoms with E-state index in [0.29, 0.717) is 12.8 Å². The fourth-order valence-corrected chi connectivity index (χ4v) is 6.01. The van der Waals surface area contributed by atoms with E-state index in [9.17, 15) is 9.59 Å². The van der Waals surface area contributed by atoms with Crippen molar-refractivity contribution in [3.8, 4) is 0 Å². The van der Waals surface area contributed by atoms with Crippen LogP contribution < -0.4 is 10.6 Å². The van der Waals surface area contributed by atoms with Crippen LogP contribution in [0.3, 0.4) is 0 Å². The molecule has 0 saturated carbocycles. The fraction of sp³-hybridized carbons (Fsp3) is 0.923. The summed E-state index contributed by atoms with van der Waals surface area (Å²) in [5.41, 5.74) is -0.107. The predicted octanol–water partition coefficient (Wildman–Crippen LogP) is 5.03. The van der Waals surface area contributed by atoms with Crippen molar-refractivity contribution in [1.29, 1.82) is 0 Å². The van der Waals surface area contributed by atoms with Gasteiger partial charge in [0.2, 0.25) is 0 Å². The van der Waals surface area contributed by atoms with E-state index >= 15 is 0 Å². The van der Waals surface area contributed by atoms with Gasteiger partial charge in [-0.1, -0.05) is 12.8 Å². The molecular weight excluding hydrogens is 404 g/mol. The molecule has 2 aliphatic rings. The van der Waals surface area contributed by atoms with E-state index in [1.54, 1.807) is 0 Å². The Bertz CT molecular complexity index is 566. The van der Waals surface area contributed by atoms with E-state index < -0.39 is 0 Å². The van der Waals surface area contributed by atoms with E-state index in [2.05, 4.69) is 66.0 Å². The Kier molecular flexibility index (Phi) is 8.82. The summed E-state index contributed by atoms with van der Waals surface area (Å²) in [5.74, 6) is -0.196. The molecule has 2 aliphatic heterocycles. The first kappa shape index (κ1) is 27.1. The highest BCUT2D eigenvalue weighted by atomic mass is 16.5. The fourth-order valence-electron chi connectivity index (χ4n) is 6.01. The highest BCUT2D eigenvalue weighted by Crippen LogP contribution is 2.31. The predicted molar refractivity (Wildman–Crippen MR) is 129 cm³/mol. The van der Waals surface area contributed by atoms with Crippen LogP contribution >= 0.6 is 0 Å². The lowest BCUT2D eigenvalue weighted by Crippen LogP contribution is -2.59. The first-order valence-electron chi connectivity index (χ1n) is 12.5. The van der Waals surface area contributed by atoms with Crippen molar-refractivity contribution >= 4 is 11.9 Å². The molecule has 0 atom stereocenters. The maximum absolute atomic E-state index is 12.3. The second-order valence-electron chi connectivity index (χ2n) is 12.7. The minimum absolute atomic E-state index is 0.0199. The number of nitrogens with one attached hydrogen (secondary N) is 2. The Morgan fingerprint density at radius 1 is 0.594 bits per heavy atom. The third kappa shape index (κ3) is 9.78. The van der Waals surface area contributed by atoms with Crippen molar-refractivity contribution < 1.29 is 19.1 Å². The van der Waals surface area contributed by atoms with Crippen LogP contribution in [0, 0.1) is 0 Å².